The SMILES string of the molecule is C=CCc1c(Br)ccnc1F. The summed E-state index contributed by atoms with van der Waals surface area (Å²) in [5, 5.41) is 0. The number of nitrogens with zero attached hydrogens (tertiary/aromatic N) is 1. The quantitative estimate of drug-likeness (QED) is 0.547. The average molecular weight is 216 g/mol. The molecule has 0 aliphatic rings. The third-order valence-electron chi connectivity index (χ3n) is 1.29. The lowest BCUT2D eigenvalue weighted by atomic mass is 10.2. The van der Waals surface area contributed by atoms with Crippen LogP contribution in [0.2, 0.25) is 0 Å². The van der Waals surface area contributed by atoms with Gasteiger partial charge in [-0.2, -0.15) is 4.39 Å². The van der Waals surface area contributed by atoms with E-state index in [1.54, 1.807) is 12.1 Å². The lowest BCUT2D eigenvalue weighted by Gasteiger charge is -1.99. The molecule has 0 aliphatic heterocycles. The van der Waals surface area contributed by atoms with Gasteiger partial charge < -0.3 is 0 Å². The van der Waals surface area contributed by atoms with Gasteiger partial charge in [0.1, 0.15) is 0 Å². The smallest absolute Gasteiger partial charge is 0.217 e. The van der Waals surface area contributed by atoms with Crippen molar-refractivity contribution in [1.29, 1.82) is 0 Å². The zero-order chi connectivity index (χ0) is 8.27. The van der Waals surface area contributed by atoms with E-state index >= 15 is 0 Å². The lowest BCUT2D eigenvalue weighted by molar-refractivity contribution is 0.569. The Morgan fingerprint density at radius 2 is 2.45 bits per heavy atom. The fourth-order valence-electron chi connectivity index (χ4n) is 0.771. The molecule has 0 bridgehead atoms. The van der Waals surface area contributed by atoms with Crippen molar-refractivity contribution in [3.63, 3.8) is 0 Å². The molecule has 1 aromatic heterocycles. The lowest BCUT2D eigenvalue weighted by Crippen LogP contribution is -1.92. The minimum absolute atomic E-state index is 0.431. The van der Waals surface area contributed by atoms with Gasteiger partial charge in [0.15, 0.2) is 0 Å². The van der Waals surface area contributed by atoms with E-state index in [1.165, 1.54) is 6.20 Å². The molecule has 0 aromatic carbocycles. The number of allylic oxidation sites excluding steroid dienone is 1. The number of pyridine rings is 1. The van der Waals surface area contributed by atoms with E-state index < -0.39 is 5.95 Å². The Labute approximate surface area is 73.1 Å². The van der Waals surface area contributed by atoms with Gasteiger partial charge in [0.2, 0.25) is 5.95 Å². The predicted octanol–water partition coefficient (Wildman–Crippen LogP) is 2.71. The fraction of sp³-hybridized carbons (Fsp3) is 0.125. The third-order valence-corrected chi connectivity index (χ3v) is 2.04. The number of hydrogen-bond acceptors (Lipinski definition) is 1. The normalized spacial score (nSPS) is 9.64. The Kier molecular flexibility index (Phi) is 2.76. The number of rotatable bonds is 2. The van der Waals surface area contributed by atoms with E-state index in [4.69, 9.17) is 0 Å². The van der Waals surface area contributed by atoms with Crippen LogP contribution in [-0.4, -0.2) is 4.98 Å². The highest BCUT2D eigenvalue weighted by Crippen LogP contribution is 2.18. The van der Waals surface area contributed by atoms with Crippen LogP contribution in [0.5, 0.6) is 0 Å². The Morgan fingerprint density at radius 3 is 3.00 bits per heavy atom. The van der Waals surface area contributed by atoms with Gasteiger partial charge in [0, 0.05) is 16.2 Å². The molecule has 1 heterocycles. The molecular weight excluding hydrogens is 209 g/mol. The van der Waals surface area contributed by atoms with Crippen molar-refractivity contribution in [2.45, 2.75) is 6.42 Å². The first kappa shape index (κ1) is 8.40. The summed E-state index contributed by atoms with van der Waals surface area (Å²) in [4.78, 5) is 3.51. The molecule has 0 saturated heterocycles. The summed E-state index contributed by atoms with van der Waals surface area (Å²) in [6.45, 7) is 3.52. The Hall–Kier alpha value is -0.700. The molecule has 1 rings (SSSR count). The van der Waals surface area contributed by atoms with Crippen molar-refractivity contribution >= 4 is 15.9 Å². The molecule has 1 nitrogen and oxygen atoms in total. The van der Waals surface area contributed by atoms with Crippen molar-refractivity contribution in [3.05, 3.63) is 40.9 Å². The topological polar surface area (TPSA) is 12.9 Å². The van der Waals surface area contributed by atoms with Crippen LogP contribution in [0, 0.1) is 5.95 Å². The molecule has 0 amide bonds. The van der Waals surface area contributed by atoms with E-state index in [9.17, 15) is 4.39 Å². The van der Waals surface area contributed by atoms with Gasteiger partial charge in [0.25, 0.3) is 0 Å². The van der Waals surface area contributed by atoms with Gasteiger partial charge in [-0.05, 0) is 12.5 Å². The van der Waals surface area contributed by atoms with Crippen LogP contribution in [0.25, 0.3) is 0 Å². The maximum Gasteiger partial charge on any atom is 0.217 e. The van der Waals surface area contributed by atoms with Crippen LogP contribution in [0.15, 0.2) is 29.4 Å². The zero-order valence-electron chi connectivity index (χ0n) is 5.85. The Balaban J connectivity index is 3.09. The molecular formula is C8H7BrFN. The molecule has 0 N–H and O–H groups in total. The second-order valence-electron chi connectivity index (χ2n) is 2.05. The van der Waals surface area contributed by atoms with Crippen LogP contribution in [0.1, 0.15) is 5.56 Å². The number of aromatic nitrogens is 1. The van der Waals surface area contributed by atoms with E-state index in [0.29, 0.717) is 12.0 Å². The van der Waals surface area contributed by atoms with E-state index in [2.05, 4.69) is 27.5 Å². The highest BCUT2D eigenvalue weighted by atomic mass is 79.9. The molecule has 0 radical (unpaired) electrons. The summed E-state index contributed by atoms with van der Waals surface area (Å²) in [6, 6.07) is 1.71. The highest BCUT2D eigenvalue weighted by Gasteiger charge is 2.04. The van der Waals surface area contributed by atoms with Crippen LogP contribution >= 0.6 is 15.9 Å². The second kappa shape index (κ2) is 3.62. The van der Waals surface area contributed by atoms with Crippen molar-refractivity contribution in [2.24, 2.45) is 0 Å². The predicted molar refractivity (Wildman–Crippen MR) is 45.8 cm³/mol. The van der Waals surface area contributed by atoms with Gasteiger partial charge in [0.05, 0.1) is 0 Å². The third kappa shape index (κ3) is 1.87. The van der Waals surface area contributed by atoms with Crippen LogP contribution < -0.4 is 0 Å². The molecule has 58 valence electrons. The standard InChI is InChI=1S/C8H7BrFN/c1-2-3-6-7(9)4-5-11-8(6)10/h2,4-5H,1,3H2. The molecule has 3 heteroatoms. The molecule has 0 fully saturated rings. The summed E-state index contributed by atoms with van der Waals surface area (Å²) in [7, 11) is 0. The summed E-state index contributed by atoms with van der Waals surface area (Å²) in [6.07, 6.45) is 3.57. The maximum absolute atomic E-state index is 12.8. The molecule has 1 aromatic rings. The molecule has 0 saturated carbocycles. The van der Waals surface area contributed by atoms with Gasteiger partial charge in [-0.1, -0.05) is 22.0 Å². The summed E-state index contributed by atoms with van der Waals surface area (Å²) < 4.78 is 13.6. The monoisotopic (exact) mass is 215 g/mol. The van der Waals surface area contributed by atoms with Gasteiger partial charge in [-0.15, -0.1) is 6.58 Å². The minimum atomic E-state index is -0.431. The summed E-state index contributed by atoms with van der Waals surface area (Å²) >= 11 is 3.22. The number of halogens is 2. The fourth-order valence-corrected chi connectivity index (χ4v) is 1.21. The van der Waals surface area contributed by atoms with E-state index in [0.717, 1.165) is 4.47 Å². The Bertz CT molecular complexity index is 253. The highest BCUT2D eigenvalue weighted by molar-refractivity contribution is 9.10. The van der Waals surface area contributed by atoms with Crippen LogP contribution in [-0.2, 0) is 6.42 Å². The van der Waals surface area contributed by atoms with Crippen molar-refractivity contribution in [2.75, 3.05) is 0 Å². The van der Waals surface area contributed by atoms with Crippen LogP contribution in [0.4, 0.5) is 4.39 Å². The number of hydrogen-bond donors (Lipinski definition) is 0. The average Bonchev–Trinajstić information content (AvgIpc) is 1.97. The summed E-state index contributed by atoms with van der Waals surface area (Å²) in [5.74, 6) is -0.431. The molecule has 0 unspecified atom stereocenters. The van der Waals surface area contributed by atoms with Crippen molar-refractivity contribution in [3.8, 4) is 0 Å². The van der Waals surface area contributed by atoms with Crippen molar-refractivity contribution in [1.82, 2.24) is 4.98 Å². The van der Waals surface area contributed by atoms with E-state index in [1.807, 2.05) is 0 Å². The molecule has 11 heavy (non-hydrogen) atoms. The first-order chi connectivity index (χ1) is 5.25. The molecule has 0 aliphatic carbocycles. The Morgan fingerprint density at radius 1 is 1.73 bits per heavy atom. The maximum atomic E-state index is 12.8. The zero-order valence-corrected chi connectivity index (χ0v) is 7.44. The second-order valence-corrected chi connectivity index (χ2v) is 2.91. The molecule has 0 spiro atoms. The van der Waals surface area contributed by atoms with Gasteiger partial charge in [-0.25, -0.2) is 4.98 Å². The van der Waals surface area contributed by atoms with E-state index in [-0.39, 0.29) is 0 Å². The minimum Gasteiger partial charge on any atom is -0.228 e. The van der Waals surface area contributed by atoms with Crippen molar-refractivity contribution < 1.29 is 4.39 Å². The first-order valence-corrected chi connectivity index (χ1v) is 3.94. The largest absolute Gasteiger partial charge is 0.228 e. The molecule has 0 atom stereocenters. The first-order valence-electron chi connectivity index (χ1n) is 3.15. The summed E-state index contributed by atoms with van der Waals surface area (Å²) in [5.41, 5.74) is 0.558. The van der Waals surface area contributed by atoms with Crippen LogP contribution in [0.3, 0.4) is 0 Å². The van der Waals surface area contributed by atoms with Gasteiger partial charge >= 0.3 is 0 Å². The van der Waals surface area contributed by atoms with Gasteiger partial charge in [-0.3, -0.25) is 0 Å².